The van der Waals surface area contributed by atoms with Crippen LogP contribution in [-0.2, 0) is 4.79 Å². The van der Waals surface area contributed by atoms with Crippen molar-refractivity contribution in [3.05, 3.63) is 0 Å². The standard InChI is InChI=1S/C7H10N2OS/c1-8-6(10)5-3-2-4-9(5)7(8)11/h5H,2-4H2,1H3/t5-/m1/s1. The molecule has 2 saturated heterocycles. The first-order valence-electron chi connectivity index (χ1n) is 3.80. The Balaban J connectivity index is 2.30. The molecule has 2 aliphatic heterocycles. The number of thiocarbonyl (C=S) groups is 1. The van der Waals surface area contributed by atoms with Crippen LogP contribution in [-0.4, -0.2) is 40.5 Å². The highest BCUT2D eigenvalue weighted by molar-refractivity contribution is 7.80. The van der Waals surface area contributed by atoms with E-state index in [0.717, 1.165) is 19.4 Å². The molecule has 0 radical (unpaired) electrons. The van der Waals surface area contributed by atoms with Crippen molar-refractivity contribution in [1.29, 1.82) is 0 Å². The third-order valence-corrected chi connectivity index (χ3v) is 2.91. The van der Waals surface area contributed by atoms with E-state index in [0.29, 0.717) is 5.11 Å². The maximum absolute atomic E-state index is 11.4. The van der Waals surface area contributed by atoms with Gasteiger partial charge < -0.3 is 4.90 Å². The molecule has 3 nitrogen and oxygen atoms in total. The van der Waals surface area contributed by atoms with Crippen molar-refractivity contribution in [3.63, 3.8) is 0 Å². The Bertz CT molecular complexity index is 206. The quantitative estimate of drug-likeness (QED) is 0.485. The number of fused-ring (bicyclic) bond motifs is 1. The molecular formula is C7H10N2OS. The van der Waals surface area contributed by atoms with Gasteiger partial charge in [-0.2, -0.15) is 0 Å². The Morgan fingerprint density at radius 2 is 2.36 bits per heavy atom. The smallest absolute Gasteiger partial charge is 0.251 e. The van der Waals surface area contributed by atoms with Gasteiger partial charge in [0.05, 0.1) is 0 Å². The average Bonchev–Trinajstić information content (AvgIpc) is 2.53. The van der Waals surface area contributed by atoms with Crippen LogP contribution >= 0.6 is 12.2 Å². The molecule has 0 saturated carbocycles. The van der Waals surface area contributed by atoms with Gasteiger partial charge in [0.25, 0.3) is 5.91 Å². The van der Waals surface area contributed by atoms with Gasteiger partial charge in [-0.05, 0) is 25.1 Å². The second kappa shape index (κ2) is 2.17. The lowest BCUT2D eigenvalue weighted by Gasteiger charge is -2.14. The number of rotatable bonds is 0. The van der Waals surface area contributed by atoms with E-state index < -0.39 is 0 Å². The van der Waals surface area contributed by atoms with E-state index in [4.69, 9.17) is 12.2 Å². The molecule has 0 N–H and O–H groups in total. The molecule has 2 heterocycles. The molecule has 0 unspecified atom stereocenters. The lowest BCUT2D eigenvalue weighted by molar-refractivity contribution is -0.126. The lowest BCUT2D eigenvalue weighted by Crippen LogP contribution is -2.29. The first-order chi connectivity index (χ1) is 5.22. The molecule has 1 atom stereocenters. The summed E-state index contributed by atoms with van der Waals surface area (Å²) in [7, 11) is 1.75. The average molecular weight is 170 g/mol. The summed E-state index contributed by atoms with van der Waals surface area (Å²) in [5, 5.41) is 0.706. The SMILES string of the molecule is CN1C(=O)[C@H]2CCCN2C1=S. The minimum Gasteiger partial charge on any atom is -0.337 e. The predicted octanol–water partition coefficient (Wildman–Crippen LogP) is 0.208. The number of likely N-dealkylation sites (N-methyl/N-ethyl adjacent to an activating group) is 1. The van der Waals surface area contributed by atoms with E-state index in [-0.39, 0.29) is 11.9 Å². The van der Waals surface area contributed by atoms with Crippen molar-refractivity contribution in [2.24, 2.45) is 0 Å². The van der Waals surface area contributed by atoms with E-state index >= 15 is 0 Å². The van der Waals surface area contributed by atoms with Gasteiger partial charge in [-0.3, -0.25) is 9.69 Å². The summed E-state index contributed by atoms with van der Waals surface area (Å²) in [6.45, 7) is 0.958. The van der Waals surface area contributed by atoms with E-state index in [1.54, 1.807) is 11.9 Å². The first-order valence-corrected chi connectivity index (χ1v) is 4.21. The van der Waals surface area contributed by atoms with Gasteiger partial charge in [0.2, 0.25) is 0 Å². The lowest BCUT2D eigenvalue weighted by atomic mass is 10.2. The zero-order chi connectivity index (χ0) is 8.01. The maximum atomic E-state index is 11.4. The summed E-state index contributed by atoms with van der Waals surface area (Å²) in [6, 6.07) is 0.0764. The highest BCUT2D eigenvalue weighted by atomic mass is 32.1. The fraction of sp³-hybridized carbons (Fsp3) is 0.714. The summed E-state index contributed by atoms with van der Waals surface area (Å²) in [6.07, 6.45) is 2.08. The van der Waals surface area contributed by atoms with Gasteiger partial charge in [0.15, 0.2) is 5.11 Å². The second-order valence-corrected chi connectivity index (χ2v) is 3.40. The molecule has 0 bridgehead atoms. The number of amides is 1. The summed E-state index contributed by atoms with van der Waals surface area (Å²) in [4.78, 5) is 15.0. The van der Waals surface area contributed by atoms with Crippen LogP contribution in [0.15, 0.2) is 0 Å². The van der Waals surface area contributed by atoms with Crippen LogP contribution in [0.5, 0.6) is 0 Å². The van der Waals surface area contributed by atoms with Crippen LogP contribution in [0.2, 0.25) is 0 Å². The molecule has 11 heavy (non-hydrogen) atoms. The van der Waals surface area contributed by atoms with Gasteiger partial charge in [-0.1, -0.05) is 0 Å². The van der Waals surface area contributed by atoms with Crippen molar-refractivity contribution in [2.45, 2.75) is 18.9 Å². The van der Waals surface area contributed by atoms with Gasteiger partial charge in [0, 0.05) is 13.6 Å². The third-order valence-electron chi connectivity index (χ3n) is 2.40. The van der Waals surface area contributed by atoms with Crippen LogP contribution in [0.3, 0.4) is 0 Å². The van der Waals surface area contributed by atoms with Gasteiger partial charge >= 0.3 is 0 Å². The van der Waals surface area contributed by atoms with Crippen LogP contribution in [0, 0.1) is 0 Å². The van der Waals surface area contributed by atoms with Gasteiger partial charge in [-0.25, -0.2) is 0 Å². The zero-order valence-corrected chi connectivity index (χ0v) is 7.23. The van der Waals surface area contributed by atoms with Crippen LogP contribution in [0.4, 0.5) is 0 Å². The molecule has 1 amide bonds. The van der Waals surface area contributed by atoms with Crippen LogP contribution in [0.1, 0.15) is 12.8 Å². The summed E-state index contributed by atoms with van der Waals surface area (Å²) in [5.74, 6) is 0.174. The van der Waals surface area contributed by atoms with Gasteiger partial charge in [-0.15, -0.1) is 0 Å². The summed E-state index contributed by atoms with van der Waals surface area (Å²) >= 11 is 5.09. The largest absolute Gasteiger partial charge is 0.337 e. The minimum atomic E-state index is 0.0764. The van der Waals surface area contributed by atoms with Crippen molar-refractivity contribution in [1.82, 2.24) is 9.80 Å². The number of hydrogen-bond acceptors (Lipinski definition) is 2. The zero-order valence-electron chi connectivity index (χ0n) is 6.41. The minimum absolute atomic E-state index is 0.0764. The maximum Gasteiger partial charge on any atom is 0.251 e. The highest BCUT2D eigenvalue weighted by Gasteiger charge is 2.42. The Hall–Kier alpha value is -0.640. The van der Waals surface area contributed by atoms with E-state index in [9.17, 15) is 4.79 Å². The normalized spacial score (nSPS) is 30.1. The van der Waals surface area contributed by atoms with E-state index in [2.05, 4.69) is 0 Å². The molecule has 4 heteroatoms. The number of hydrogen-bond donors (Lipinski definition) is 0. The fourth-order valence-corrected chi connectivity index (χ4v) is 2.07. The Morgan fingerprint density at radius 1 is 1.64 bits per heavy atom. The third kappa shape index (κ3) is 0.788. The highest BCUT2D eigenvalue weighted by Crippen LogP contribution is 2.25. The second-order valence-electron chi connectivity index (χ2n) is 3.03. The first kappa shape index (κ1) is 7.03. The van der Waals surface area contributed by atoms with E-state index in [1.807, 2.05) is 4.90 Å². The van der Waals surface area contributed by atoms with Crippen molar-refractivity contribution in [2.75, 3.05) is 13.6 Å². The van der Waals surface area contributed by atoms with Crippen molar-refractivity contribution < 1.29 is 4.79 Å². The van der Waals surface area contributed by atoms with Crippen LogP contribution in [0.25, 0.3) is 0 Å². The Labute approximate surface area is 71.0 Å². The van der Waals surface area contributed by atoms with Gasteiger partial charge in [0.1, 0.15) is 6.04 Å². The number of nitrogens with zero attached hydrogens (tertiary/aromatic N) is 2. The topological polar surface area (TPSA) is 23.6 Å². The molecule has 0 spiro atoms. The molecule has 0 aromatic heterocycles. The monoisotopic (exact) mass is 170 g/mol. The van der Waals surface area contributed by atoms with Crippen molar-refractivity contribution >= 4 is 23.2 Å². The Kier molecular flexibility index (Phi) is 1.39. The molecule has 0 aromatic carbocycles. The molecule has 2 fully saturated rings. The summed E-state index contributed by atoms with van der Waals surface area (Å²) in [5.41, 5.74) is 0. The number of carbonyl (C=O) groups is 1. The predicted molar refractivity (Wildman–Crippen MR) is 45.1 cm³/mol. The number of carbonyl (C=O) groups excluding carboxylic acids is 1. The van der Waals surface area contributed by atoms with Crippen molar-refractivity contribution in [3.8, 4) is 0 Å². The van der Waals surface area contributed by atoms with Crippen LogP contribution < -0.4 is 0 Å². The molecular weight excluding hydrogens is 160 g/mol. The molecule has 2 rings (SSSR count). The molecule has 0 aromatic rings. The molecule has 60 valence electrons. The Morgan fingerprint density at radius 3 is 3.00 bits per heavy atom. The molecule has 0 aliphatic carbocycles. The molecule has 2 aliphatic rings. The van der Waals surface area contributed by atoms with E-state index in [1.165, 1.54) is 0 Å². The fourth-order valence-electron chi connectivity index (χ4n) is 1.76. The summed E-state index contributed by atoms with van der Waals surface area (Å²) < 4.78 is 0.